The monoisotopic (exact) mass is 533 g/mol. The van der Waals surface area contributed by atoms with Gasteiger partial charge in [-0.05, 0) is 61.0 Å². The van der Waals surface area contributed by atoms with Gasteiger partial charge in [-0.1, -0.05) is 43.1 Å². The van der Waals surface area contributed by atoms with Crippen molar-refractivity contribution in [1.82, 2.24) is 0 Å². The van der Waals surface area contributed by atoms with Crippen molar-refractivity contribution in [3.8, 4) is 5.75 Å². The average molecular weight is 534 g/mol. The van der Waals surface area contributed by atoms with E-state index in [1.807, 2.05) is 6.92 Å². The number of aromatic hydroxyl groups is 1. The number of imide groups is 1. The number of para-hydroxylation sites is 2. The number of phenolic OH excluding ortho intramolecular Hbond substituents is 1. The molecule has 10 heteroatoms. The van der Waals surface area contributed by atoms with Gasteiger partial charge in [-0.25, -0.2) is 9.69 Å². The number of halogens is 1. The molecule has 9 nitrogen and oxygen atoms in total. The van der Waals surface area contributed by atoms with E-state index in [0.717, 1.165) is 17.7 Å². The quantitative estimate of drug-likeness (QED) is 0.152. The summed E-state index contributed by atoms with van der Waals surface area (Å²) in [7, 11) is 0. The average Bonchev–Trinajstić information content (AvgIpc) is 3.13. The van der Waals surface area contributed by atoms with Crippen molar-refractivity contribution in [2.45, 2.75) is 19.8 Å². The van der Waals surface area contributed by atoms with Gasteiger partial charge in [-0.2, -0.15) is 0 Å². The zero-order chi connectivity index (χ0) is 27.2. The summed E-state index contributed by atoms with van der Waals surface area (Å²) < 4.78 is 5.18. The van der Waals surface area contributed by atoms with Crippen LogP contribution in [-0.4, -0.2) is 35.4 Å². The third-order valence-electron chi connectivity index (χ3n) is 5.67. The molecule has 0 aromatic heterocycles. The van der Waals surface area contributed by atoms with Gasteiger partial charge in [0, 0.05) is 11.3 Å². The van der Waals surface area contributed by atoms with Gasteiger partial charge in [0.15, 0.2) is 0 Å². The topological polar surface area (TPSA) is 125 Å². The van der Waals surface area contributed by atoms with E-state index in [2.05, 4.69) is 10.6 Å². The van der Waals surface area contributed by atoms with Gasteiger partial charge in [-0.15, -0.1) is 0 Å². The number of benzene rings is 3. The summed E-state index contributed by atoms with van der Waals surface area (Å²) in [6.07, 6.45) is 1.65. The van der Waals surface area contributed by atoms with E-state index in [9.17, 15) is 24.3 Å². The van der Waals surface area contributed by atoms with E-state index in [0.29, 0.717) is 17.9 Å². The number of anilines is 3. The van der Waals surface area contributed by atoms with Crippen LogP contribution in [0.25, 0.3) is 0 Å². The number of esters is 1. The number of rotatable bonds is 9. The third kappa shape index (κ3) is 5.68. The highest BCUT2D eigenvalue weighted by atomic mass is 35.5. The number of hydrogen-bond acceptors (Lipinski definition) is 7. The fourth-order valence-corrected chi connectivity index (χ4v) is 3.85. The van der Waals surface area contributed by atoms with Crippen molar-refractivity contribution in [2.75, 3.05) is 22.1 Å². The minimum Gasteiger partial charge on any atom is -0.506 e. The summed E-state index contributed by atoms with van der Waals surface area (Å²) in [5.41, 5.74) is 1.20. The lowest BCUT2D eigenvalue weighted by molar-refractivity contribution is -0.120. The number of unbranched alkanes of at least 4 members (excludes halogenated alkanes) is 1. The number of hydrogen-bond donors (Lipinski definition) is 3. The van der Waals surface area contributed by atoms with E-state index in [1.165, 1.54) is 36.4 Å². The molecule has 1 aliphatic rings. The van der Waals surface area contributed by atoms with Gasteiger partial charge in [0.1, 0.15) is 16.5 Å². The van der Waals surface area contributed by atoms with Gasteiger partial charge in [0.25, 0.3) is 17.7 Å². The second-order valence-corrected chi connectivity index (χ2v) is 8.73. The molecule has 194 valence electrons. The first-order valence-corrected chi connectivity index (χ1v) is 12.2. The summed E-state index contributed by atoms with van der Waals surface area (Å²) in [5.74, 6) is -2.48. The van der Waals surface area contributed by atoms with Crippen LogP contribution in [0.15, 0.2) is 83.5 Å². The number of carbonyl (C=O) groups excluding carboxylic acids is 4. The molecule has 3 N–H and O–H groups in total. The maximum absolute atomic E-state index is 13.1. The van der Waals surface area contributed by atoms with Crippen LogP contribution in [0.3, 0.4) is 0 Å². The molecule has 0 aliphatic carbocycles. The van der Waals surface area contributed by atoms with Crippen LogP contribution in [0.4, 0.5) is 17.1 Å². The van der Waals surface area contributed by atoms with Crippen LogP contribution >= 0.6 is 11.6 Å². The molecule has 4 rings (SSSR count). The van der Waals surface area contributed by atoms with Gasteiger partial charge in [0.05, 0.1) is 23.5 Å². The first-order chi connectivity index (χ1) is 18.3. The molecule has 3 amide bonds. The molecule has 1 aliphatic heterocycles. The lowest BCUT2D eigenvalue weighted by Crippen LogP contribution is -2.32. The number of phenols is 1. The summed E-state index contributed by atoms with van der Waals surface area (Å²) in [4.78, 5) is 51.6. The Morgan fingerprint density at radius 3 is 2.39 bits per heavy atom. The Kier molecular flexibility index (Phi) is 8.08. The smallest absolute Gasteiger partial charge is 0.338 e. The highest BCUT2D eigenvalue weighted by Gasteiger charge is 2.39. The Balaban J connectivity index is 1.47. The predicted molar refractivity (Wildman–Crippen MR) is 143 cm³/mol. The van der Waals surface area contributed by atoms with Crippen molar-refractivity contribution in [1.29, 1.82) is 0 Å². The van der Waals surface area contributed by atoms with Crippen LogP contribution in [0.1, 0.15) is 40.5 Å². The normalized spacial score (nSPS) is 13.1. The molecule has 0 saturated carbocycles. The minimum atomic E-state index is -0.731. The first kappa shape index (κ1) is 26.4. The molecular weight excluding hydrogens is 510 g/mol. The van der Waals surface area contributed by atoms with Crippen molar-refractivity contribution < 1.29 is 29.0 Å². The lowest BCUT2D eigenvalue weighted by Gasteiger charge is -2.15. The van der Waals surface area contributed by atoms with E-state index in [1.54, 1.807) is 36.4 Å². The molecule has 0 bridgehead atoms. The summed E-state index contributed by atoms with van der Waals surface area (Å²) in [6, 6.07) is 18.4. The highest BCUT2D eigenvalue weighted by Crippen LogP contribution is 2.31. The summed E-state index contributed by atoms with van der Waals surface area (Å²) in [6.45, 7) is 2.30. The summed E-state index contributed by atoms with van der Waals surface area (Å²) in [5, 5.41) is 15.0. The number of nitrogens with one attached hydrogen (secondary N) is 2. The maximum Gasteiger partial charge on any atom is 0.338 e. The second-order valence-electron chi connectivity index (χ2n) is 8.35. The molecule has 0 atom stereocenters. The molecule has 0 saturated heterocycles. The van der Waals surface area contributed by atoms with E-state index in [4.69, 9.17) is 16.3 Å². The molecule has 38 heavy (non-hydrogen) atoms. The zero-order valence-corrected chi connectivity index (χ0v) is 21.1. The van der Waals surface area contributed by atoms with Gasteiger partial charge >= 0.3 is 5.97 Å². The second kappa shape index (κ2) is 11.6. The molecule has 0 unspecified atom stereocenters. The van der Waals surface area contributed by atoms with Gasteiger partial charge < -0.3 is 20.5 Å². The van der Waals surface area contributed by atoms with E-state index in [-0.39, 0.29) is 33.4 Å². The number of nitrogens with zero attached hydrogens (tertiary/aromatic N) is 1. The van der Waals surface area contributed by atoms with Crippen LogP contribution in [0.5, 0.6) is 5.75 Å². The molecule has 3 aromatic rings. The Labute approximate surface area is 223 Å². The van der Waals surface area contributed by atoms with E-state index < -0.39 is 23.7 Å². The highest BCUT2D eigenvalue weighted by molar-refractivity contribution is 6.53. The largest absolute Gasteiger partial charge is 0.506 e. The molecule has 0 spiro atoms. The zero-order valence-electron chi connectivity index (χ0n) is 20.4. The molecule has 0 fully saturated rings. The molecular formula is C28H24ClN3O6. The van der Waals surface area contributed by atoms with Crippen molar-refractivity contribution >= 4 is 52.4 Å². The number of ether oxygens (including phenoxy) is 1. The van der Waals surface area contributed by atoms with Crippen LogP contribution in [-0.2, 0) is 14.3 Å². The Morgan fingerprint density at radius 2 is 1.68 bits per heavy atom. The molecule has 0 radical (unpaired) electrons. The fraction of sp³-hybridized carbons (Fsp3) is 0.143. The van der Waals surface area contributed by atoms with Crippen molar-refractivity contribution in [3.63, 3.8) is 0 Å². The van der Waals surface area contributed by atoms with Crippen molar-refractivity contribution in [3.05, 3.63) is 94.7 Å². The first-order valence-electron chi connectivity index (χ1n) is 11.8. The Hall–Kier alpha value is -4.63. The standard InChI is InChI=1S/C28H24ClN3O6/c1-2-3-15-38-28(37)17-11-13-20(14-12-17)32-26(35)23(29)24(27(32)36)30-19-8-6-7-18(16-19)25(34)31-21-9-4-5-10-22(21)33/h4-14,16,30,33H,2-3,15H2,1H3,(H,31,34). The Morgan fingerprint density at radius 1 is 0.947 bits per heavy atom. The number of amides is 3. The maximum atomic E-state index is 13.1. The Bertz CT molecular complexity index is 1430. The third-order valence-corrected chi connectivity index (χ3v) is 6.02. The van der Waals surface area contributed by atoms with Gasteiger partial charge in [-0.3, -0.25) is 14.4 Å². The van der Waals surface area contributed by atoms with Crippen molar-refractivity contribution in [2.24, 2.45) is 0 Å². The predicted octanol–water partition coefficient (Wildman–Crippen LogP) is 5.04. The van der Waals surface area contributed by atoms with Crippen LogP contribution in [0, 0.1) is 0 Å². The van der Waals surface area contributed by atoms with Crippen LogP contribution in [0.2, 0.25) is 0 Å². The molecule has 3 aromatic carbocycles. The van der Waals surface area contributed by atoms with Crippen LogP contribution < -0.4 is 15.5 Å². The minimum absolute atomic E-state index is 0.0800. The lowest BCUT2D eigenvalue weighted by atomic mass is 10.1. The van der Waals surface area contributed by atoms with Gasteiger partial charge in [0.2, 0.25) is 0 Å². The SMILES string of the molecule is CCCCOC(=O)c1ccc(N2C(=O)C(Cl)=C(Nc3cccc(C(=O)Nc4ccccc4O)c3)C2=O)cc1. The van der Waals surface area contributed by atoms with E-state index >= 15 is 0 Å². The number of carbonyl (C=O) groups is 4. The fourth-order valence-electron chi connectivity index (χ4n) is 3.64. The summed E-state index contributed by atoms with van der Waals surface area (Å²) >= 11 is 6.22. The molecule has 1 heterocycles.